The lowest BCUT2D eigenvalue weighted by molar-refractivity contribution is 0.306. The number of rotatable bonds is 6. The molecular weight excluding hydrogens is 274 g/mol. The molecule has 0 heterocycles. The van der Waals surface area contributed by atoms with E-state index in [1.807, 2.05) is 0 Å². The second-order valence-corrected chi connectivity index (χ2v) is 6.30. The van der Waals surface area contributed by atoms with Crippen molar-refractivity contribution in [3.8, 4) is 5.75 Å². The van der Waals surface area contributed by atoms with Crippen LogP contribution in [0.25, 0.3) is 0 Å². The molecule has 0 N–H and O–H groups in total. The molecular formula is C10H11ClF2O3S. The van der Waals surface area contributed by atoms with E-state index in [-0.39, 0.29) is 18.1 Å². The van der Waals surface area contributed by atoms with Gasteiger partial charge in [0.25, 0.3) is 0 Å². The van der Waals surface area contributed by atoms with Crippen LogP contribution in [0.3, 0.4) is 0 Å². The van der Waals surface area contributed by atoms with E-state index in [1.165, 1.54) is 0 Å². The van der Waals surface area contributed by atoms with E-state index in [4.69, 9.17) is 15.4 Å². The zero-order valence-corrected chi connectivity index (χ0v) is 10.4. The molecule has 0 aromatic heterocycles. The van der Waals surface area contributed by atoms with Crippen LogP contribution in [-0.4, -0.2) is 20.8 Å². The molecule has 0 saturated carbocycles. The molecule has 96 valence electrons. The molecule has 0 aliphatic heterocycles. The molecule has 0 bridgehead atoms. The summed E-state index contributed by atoms with van der Waals surface area (Å²) in [6.07, 6.45) is 0.772. The minimum absolute atomic E-state index is 0.0798. The molecule has 3 nitrogen and oxygen atoms in total. The minimum atomic E-state index is -3.49. The Balaban J connectivity index is 2.31. The lowest BCUT2D eigenvalue weighted by atomic mass is 10.3. The number of benzene rings is 1. The maximum absolute atomic E-state index is 12.7. The first-order valence-corrected chi connectivity index (χ1v) is 7.36. The fraction of sp³-hybridized carbons (Fsp3) is 0.400. The Morgan fingerprint density at radius 1 is 1.12 bits per heavy atom. The third-order valence-corrected chi connectivity index (χ3v) is 3.13. The van der Waals surface area contributed by atoms with Crippen LogP contribution in [0.5, 0.6) is 5.75 Å². The lowest BCUT2D eigenvalue weighted by Crippen LogP contribution is -2.02. The van der Waals surface area contributed by atoms with Crippen LogP contribution in [0.2, 0.25) is 0 Å². The molecule has 1 aromatic rings. The largest absolute Gasteiger partial charge is 0.493 e. The summed E-state index contributed by atoms with van der Waals surface area (Å²) in [7, 11) is 1.52. The molecule has 0 fully saturated rings. The Bertz CT molecular complexity index is 456. The predicted molar refractivity (Wildman–Crippen MR) is 60.7 cm³/mol. The van der Waals surface area contributed by atoms with E-state index in [0.717, 1.165) is 18.2 Å². The van der Waals surface area contributed by atoms with E-state index >= 15 is 0 Å². The van der Waals surface area contributed by atoms with Crippen molar-refractivity contribution in [3.05, 3.63) is 29.8 Å². The van der Waals surface area contributed by atoms with Gasteiger partial charge < -0.3 is 4.74 Å². The van der Waals surface area contributed by atoms with Gasteiger partial charge in [-0.1, -0.05) is 0 Å². The van der Waals surface area contributed by atoms with Crippen molar-refractivity contribution in [2.45, 2.75) is 12.8 Å². The average Bonchev–Trinajstić information content (AvgIpc) is 2.13. The van der Waals surface area contributed by atoms with E-state index in [0.29, 0.717) is 12.8 Å². The van der Waals surface area contributed by atoms with Crippen molar-refractivity contribution in [2.24, 2.45) is 0 Å². The van der Waals surface area contributed by atoms with Crippen LogP contribution in [-0.2, 0) is 9.05 Å². The van der Waals surface area contributed by atoms with Crippen LogP contribution in [0.15, 0.2) is 18.2 Å². The monoisotopic (exact) mass is 284 g/mol. The summed E-state index contributed by atoms with van der Waals surface area (Å²) in [6, 6.07) is 2.86. The summed E-state index contributed by atoms with van der Waals surface area (Å²) < 4.78 is 51.7. The van der Waals surface area contributed by atoms with E-state index in [2.05, 4.69) is 0 Å². The van der Waals surface area contributed by atoms with Crippen molar-refractivity contribution in [1.82, 2.24) is 0 Å². The highest BCUT2D eigenvalue weighted by atomic mass is 35.7. The number of halogens is 3. The van der Waals surface area contributed by atoms with E-state index in [9.17, 15) is 17.2 Å². The van der Waals surface area contributed by atoms with Crippen molar-refractivity contribution in [1.29, 1.82) is 0 Å². The van der Waals surface area contributed by atoms with Crippen molar-refractivity contribution < 1.29 is 21.9 Å². The summed E-state index contributed by atoms with van der Waals surface area (Å²) in [5, 5.41) is 0. The second kappa shape index (κ2) is 6.16. The normalized spacial score (nSPS) is 11.5. The van der Waals surface area contributed by atoms with E-state index < -0.39 is 20.7 Å². The van der Waals surface area contributed by atoms with Gasteiger partial charge in [0.15, 0.2) is 0 Å². The van der Waals surface area contributed by atoms with Gasteiger partial charge in [-0.2, -0.15) is 0 Å². The molecule has 0 saturated heterocycles. The van der Waals surface area contributed by atoms with Gasteiger partial charge in [0.05, 0.1) is 12.4 Å². The van der Waals surface area contributed by atoms with Gasteiger partial charge in [0.2, 0.25) is 9.05 Å². The Hall–Kier alpha value is -0.880. The lowest BCUT2D eigenvalue weighted by Gasteiger charge is -2.05. The average molecular weight is 285 g/mol. The zero-order chi connectivity index (χ0) is 12.9. The van der Waals surface area contributed by atoms with Crippen molar-refractivity contribution in [3.63, 3.8) is 0 Å². The fourth-order valence-electron chi connectivity index (χ4n) is 1.18. The standard InChI is InChI=1S/C10H11ClF2O3S/c11-17(14,15)4-2-1-3-16-10-6-8(12)5-9(13)7-10/h5-7H,1-4H2. The summed E-state index contributed by atoms with van der Waals surface area (Å²) >= 11 is 0. The Morgan fingerprint density at radius 3 is 2.24 bits per heavy atom. The van der Waals surface area contributed by atoms with Gasteiger partial charge >= 0.3 is 0 Å². The SMILES string of the molecule is O=S(=O)(Cl)CCCCOc1cc(F)cc(F)c1. The minimum Gasteiger partial charge on any atom is -0.493 e. The Kier molecular flexibility index (Phi) is 5.14. The first-order valence-electron chi connectivity index (χ1n) is 4.88. The summed E-state index contributed by atoms with van der Waals surface area (Å²) in [4.78, 5) is 0. The van der Waals surface area contributed by atoms with Crippen molar-refractivity contribution >= 4 is 19.7 Å². The van der Waals surface area contributed by atoms with Gasteiger partial charge in [0, 0.05) is 28.9 Å². The summed E-state index contributed by atoms with van der Waals surface area (Å²) in [5.74, 6) is -1.50. The smallest absolute Gasteiger partial charge is 0.232 e. The Labute approximate surface area is 103 Å². The molecule has 0 spiro atoms. The zero-order valence-electron chi connectivity index (χ0n) is 8.83. The Morgan fingerprint density at radius 2 is 1.71 bits per heavy atom. The first kappa shape index (κ1) is 14.2. The molecule has 0 atom stereocenters. The number of hydrogen-bond donors (Lipinski definition) is 0. The quantitative estimate of drug-likeness (QED) is 0.596. The van der Waals surface area contributed by atoms with E-state index in [1.54, 1.807) is 0 Å². The molecule has 0 aliphatic carbocycles. The van der Waals surface area contributed by atoms with Gasteiger partial charge in [-0.25, -0.2) is 17.2 Å². The highest BCUT2D eigenvalue weighted by Crippen LogP contribution is 2.15. The molecule has 0 aliphatic rings. The predicted octanol–water partition coefficient (Wildman–Crippen LogP) is 2.69. The number of ether oxygens (including phenoxy) is 1. The summed E-state index contributed by atoms with van der Waals surface area (Å²) in [6.45, 7) is 0.176. The third kappa shape index (κ3) is 6.43. The van der Waals surface area contributed by atoms with Gasteiger partial charge in [-0.15, -0.1) is 0 Å². The first-order chi connectivity index (χ1) is 7.87. The number of hydrogen-bond acceptors (Lipinski definition) is 3. The second-order valence-electron chi connectivity index (χ2n) is 3.40. The van der Waals surface area contributed by atoms with Gasteiger partial charge in [-0.3, -0.25) is 0 Å². The topological polar surface area (TPSA) is 43.4 Å². The van der Waals surface area contributed by atoms with Crippen LogP contribution < -0.4 is 4.74 Å². The summed E-state index contributed by atoms with van der Waals surface area (Å²) in [5.41, 5.74) is 0. The molecule has 1 aromatic carbocycles. The van der Waals surface area contributed by atoms with Gasteiger partial charge in [-0.05, 0) is 12.8 Å². The van der Waals surface area contributed by atoms with Crippen LogP contribution >= 0.6 is 10.7 Å². The molecule has 7 heteroatoms. The molecule has 17 heavy (non-hydrogen) atoms. The molecule has 0 radical (unpaired) electrons. The van der Waals surface area contributed by atoms with Crippen LogP contribution in [0.1, 0.15) is 12.8 Å². The molecule has 0 unspecified atom stereocenters. The number of unbranched alkanes of at least 4 members (excludes halogenated alkanes) is 1. The van der Waals surface area contributed by atoms with Crippen LogP contribution in [0.4, 0.5) is 8.78 Å². The highest BCUT2D eigenvalue weighted by Gasteiger charge is 2.05. The molecule has 0 amide bonds. The fourth-order valence-corrected chi connectivity index (χ4v) is 2.05. The van der Waals surface area contributed by atoms with Gasteiger partial charge in [0.1, 0.15) is 17.4 Å². The highest BCUT2D eigenvalue weighted by molar-refractivity contribution is 8.13. The third-order valence-electron chi connectivity index (χ3n) is 1.89. The van der Waals surface area contributed by atoms with Crippen molar-refractivity contribution in [2.75, 3.05) is 12.4 Å². The van der Waals surface area contributed by atoms with Crippen LogP contribution in [0, 0.1) is 11.6 Å². The maximum Gasteiger partial charge on any atom is 0.232 e. The molecule has 1 rings (SSSR count). The maximum atomic E-state index is 12.7.